The van der Waals surface area contributed by atoms with Gasteiger partial charge in [-0.05, 0) is 70.5 Å². The van der Waals surface area contributed by atoms with E-state index in [9.17, 15) is 4.79 Å². The average molecular weight is 366 g/mol. The summed E-state index contributed by atoms with van der Waals surface area (Å²) in [5, 5.41) is 3.47. The Labute approximate surface area is 159 Å². The van der Waals surface area contributed by atoms with E-state index in [-0.39, 0.29) is 11.8 Å². The first-order valence-corrected chi connectivity index (χ1v) is 10.5. The molecular weight excluding hydrogens is 326 g/mol. The zero-order valence-electron chi connectivity index (χ0n) is 17.0. The standard InChI is InChI=1S/C20H39N5O/c1-4-22-20(25-14-16(2)13-17(3)15-25)23-9-5-6-10-24-11-7-18(8-12-24)19(21)26/h16-18H,4-15H2,1-3H3,(H2,21,26)(H,22,23). The second kappa shape index (κ2) is 10.8. The molecule has 6 nitrogen and oxygen atoms in total. The lowest BCUT2D eigenvalue weighted by Crippen LogP contribution is -2.48. The number of primary amides is 1. The number of hydrogen-bond donors (Lipinski definition) is 2. The Bertz CT molecular complexity index is 449. The molecule has 0 aromatic carbocycles. The number of nitrogens with two attached hydrogens (primary N) is 1. The van der Waals surface area contributed by atoms with E-state index in [1.54, 1.807) is 0 Å². The van der Waals surface area contributed by atoms with E-state index in [1.165, 1.54) is 6.42 Å². The number of aliphatic imine (C=N–C) groups is 1. The fourth-order valence-electron chi connectivity index (χ4n) is 4.33. The molecule has 0 aliphatic carbocycles. The quantitative estimate of drug-likeness (QED) is 0.411. The van der Waals surface area contributed by atoms with Gasteiger partial charge in [0.15, 0.2) is 5.96 Å². The molecule has 26 heavy (non-hydrogen) atoms. The number of carbonyl (C=O) groups excluding carboxylic acids is 1. The monoisotopic (exact) mass is 365 g/mol. The van der Waals surface area contributed by atoms with E-state index in [0.717, 1.165) is 89.3 Å². The highest BCUT2D eigenvalue weighted by atomic mass is 16.1. The highest BCUT2D eigenvalue weighted by Gasteiger charge is 2.24. The lowest BCUT2D eigenvalue weighted by molar-refractivity contribution is -0.123. The van der Waals surface area contributed by atoms with Gasteiger partial charge in [0.1, 0.15) is 0 Å². The van der Waals surface area contributed by atoms with E-state index < -0.39 is 0 Å². The largest absolute Gasteiger partial charge is 0.369 e. The summed E-state index contributed by atoms with van der Waals surface area (Å²) >= 11 is 0. The van der Waals surface area contributed by atoms with Crippen LogP contribution in [-0.4, -0.2) is 67.5 Å². The highest BCUT2D eigenvalue weighted by molar-refractivity contribution is 5.80. The summed E-state index contributed by atoms with van der Waals surface area (Å²) in [5.74, 6) is 2.54. The van der Waals surface area contributed by atoms with Crippen molar-refractivity contribution in [1.29, 1.82) is 0 Å². The fraction of sp³-hybridized carbons (Fsp3) is 0.900. The van der Waals surface area contributed by atoms with Crippen LogP contribution in [0.2, 0.25) is 0 Å². The van der Waals surface area contributed by atoms with E-state index in [2.05, 4.69) is 35.9 Å². The minimum absolute atomic E-state index is 0.0906. The van der Waals surface area contributed by atoms with Gasteiger partial charge in [-0.3, -0.25) is 9.79 Å². The third kappa shape index (κ3) is 6.78. The molecule has 2 aliphatic heterocycles. The van der Waals surface area contributed by atoms with Gasteiger partial charge in [-0.15, -0.1) is 0 Å². The second-order valence-electron chi connectivity index (χ2n) is 8.31. The van der Waals surface area contributed by atoms with Gasteiger partial charge >= 0.3 is 0 Å². The van der Waals surface area contributed by atoms with Gasteiger partial charge in [0.25, 0.3) is 0 Å². The molecular formula is C20H39N5O. The van der Waals surface area contributed by atoms with Gasteiger partial charge in [0, 0.05) is 32.1 Å². The molecule has 2 rings (SSSR count). The summed E-state index contributed by atoms with van der Waals surface area (Å²) in [4.78, 5) is 21.0. The van der Waals surface area contributed by atoms with Crippen LogP contribution in [0.4, 0.5) is 0 Å². The van der Waals surface area contributed by atoms with Crippen LogP contribution in [-0.2, 0) is 4.79 Å². The Morgan fingerprint density at radius 1 is 1.15 bits per heavy atom. The molecule has 2 fully saturated rings. The Hall–Kier alpha value is -1.30. The maximum absolute atomic E-state index is 11.2. The summed E-state index contributed by atoms with van der Waals surface area (Å²) in [6, 6.07) is 0. The third-order valence-electron chi connectivity index (χ3n) is 5.64. The van der Waals surface area contributed by atoms with Crippen LogP contribution in [0.25, 0.3) is 0 Å². The smallest absolute Gasteiger partial charge is 0.220 e. The van der Waals surface area contributed by atoms with Crippen LogP contribution in [0, 0.1) is 17.8 Å². The van der Waals surface area contributed by atoms with Gasteiger partial charge in [-0.2, -0.15) is 0 Å². The molecule has 2 saturated heterocycles. The van der Waals surface area contributed by atoms with Crippen molar-refractivity contribution in [1.82, 2.24) is 15.1 Å². The van der Waals surface area contributed by atoms with Crippen LogP contribution in [0.5, 0.6) is 0 Å². The molecule has 0 saturated carbocycles. The van der Waals surface area contributed by atoms with E-state index in [1.807, 2.05) is 0 Å². The van der Waals surface area contributed by atoms with Gasteiger partial charge < -0.3 is 20.9 Å². The first kappa shape index (κ1) is 21.0. The number of unbranched alkanes of at least 4 members (excludes halogenated alkanes) is 1. The number of piperidine rings is 2. The normalized spacial score (nSPS) is 26.1. The zero-order chi connectivity index (χ0) is 18.9. The van der Waals surface area contributed by atoms with E-state index >= 15 is 0 Å². The number of rotatable bonds is 7. The first-order chi connectivity index (χ1) is 12.5. The minimum Gasteiger partial charge on any atom is -0.369 e. The Morgan fingerprint density at radius 3 is 2.38 bits per heavy atom. The van der Waals surface area contributed by atoms with Crippen molar-refractivity contribution in [2.45, 2.75) is 52.9 Å². The van der Waals surface area contributed by atoms with Gasteiger partial charge in [-0.1, -0.05) is 13.8 Å². The molecule has 0 spiro atoms. The SMILES string of the molecule is CCNC(=NCCCCN1CCC(C(N)=O)CC1)N1CC(C)CC(C)C1. The number of guanidine groups is 1. The number of likely N-dealkylation sites (tertiary alicyclic amines) is 2. The van der Waals surface area contributed by atoms with Crippen molar-refractivity contribution in [3.63, 3.8) is 0 Å². The van der Waals surface area contributed by atoms with Crippen LogP contribution in [0.15, 0.2) is 4.99 Å². The first-order valence-electron chi connectivity index (χ1n) is 10.5. The molecule has 2 unspecified atom stereocenters. The second-order valence-corrected chi connectivity index (χ2v) is 8.31. The van der Waals surface area contributed by atoms with Gasteiger partial charge in [0.2, 0.25) is 5.91 Å². The summed E-state index contributed by atoms with van der Waals surface area (Å²) in [6.07, 6.45) is 5.44. The Kier molecular flexibility index (Phi) is 8.69. The number of carbonyl (C=O) groups is 1. The lowest BCUT2D eigenvalue weighted by atomic mass is 9.92. The fourth-order valence-corrected chi connectivity index (χ4v) is 4.33. The van der Waals surface area contributed by atoms with E-state index in [4.69, 9.17) is 10.7 Å². The predicted molar refractivity (Wildman–Crippen MR) is 108 cm³/mol. The predicted octanol–water partition coefficient (Wildman–Crippen LogP) is 1.91. The third-order valence-corrected chi connectivity index (χ3v) is 5.64. The summed E-state index contributed by atoms with van der Waals surface area (Å²) in [5.41, 5.74) is 5.40. The van der Waals surface area contributed by atoms with Crippen molar-refractivity contribution in [2.75, 3.05) is 45.8 Å². The molecule has 2 heterocycles. The highest BCUT2D eigenvalue weighted by Crippen LogP contribution is 2.21. The van der Waals surface area contributed by atoms with Crippen LogP contribution >= 0.6 is 0 Å². The van der Waals surface area contributed by atoms with Crippen molar-refractivity contribution in [2.24, 2.45) is 28.5 Å². The van der Waals surface area contributed by atoms with Crippen LogP contribution in [0.1, 0.15) is 52.9 Å². The van der Waals surface area contributed by atoms with Crippen LogP contribution < -0.4 is 11.1 Å². The molecule has 0 aromatic rings. The molecule has 3 N–H and O–H groups in total. The van der Waals surface area contributed by atoms with Crippen molar-refractivity contribution in [3.8, 4) is 0 Å². The van der Waals surface area contributed by atoms with Crippen molar-refractivity contribution >= 4 is 11.9 Å². The number of amides is 1. The summed E-state index contributed by atoms with van der Waals surface area (Å²) in [6.45, 7) is 14.0. The molecule has 0 radical (unpaired) electrons. The Morgan fingerprint density at radius 2 is 1.81 bits per heavy atom. The molecule has 6 heteroatoms. The number of nitrogens with one attached hydrogen (secondary N) is 1. The van der Waals surface area contributed by atoms with Crippen molar-refractivity contribution in [3.05, 3.63) is 0 Å². The van der Waals surface area contributed by atoms with E-state index in [0.29, 0.717) is 0 Å². The van der Waals surface area contributed by atoms with Crippen LogP contribution in [0.3, 0.4) is 0 Å². The van der Waals surface area contributed by atoms with Crippen molar-refractivity contribution < 1.29 is 4.79 Å². The topological polar surface area (TPSA) is 74.0 Å². The number of hydrogen-bond acceptors (Lipinski definition) is 3. The maximum Gasteiger partial charge on any atom is 0.220 e. The summed E-state index contributed by atoms with van der Waals surface area (Å²) in [7, 11) is 0. The van der Waals surface area contributed by atoms with Gasteiger partial charge in [0.05, 0.1) is 0 Å². The summed E-state index contributed by atoms with van der Waals surface area (Å²) < 4.78 is 0. The Balaban J connectivity index is 1.69. The zero-order valence-corrected chi connectivity index (χ0v) is 17.0. The maximum atomic E-state index is 11.2. The number of nitrogens with zero attached hydrogens (tertiary/aromatic N) is 3. The lowest BCUT2D eigenvalue weighted by Gasteiger charge is -2.37. The molecule has 150 valence electrons. The minimum atomic E-state index is -0.128. The molecule has 2 atom stereocenters. The molecule has 1 amide bonds. The molecule has 2 aliphatic rings. The van der Waals surface area contributed by atoms with Gasteiger partial charge in [-0.25, -0.2) is 0 Å². The average Bonchev–Trinajstić information content (AvgIpc) is 2.60. The molecule has 0 bridgehead atoms. The molecule has 0 aromatic heterocycles.